The fourth-order valence-corrected chi connectivity index (χ4v) is 3.88. The summed E-state index contributed by atoms with van der Waals surface area (Å²) in [7, 11) is 0. The molecule has 1 aliphatic rings. The van der Waals surface area contributed by atoms with Crippen LogP contribution in [-0.2, 0) is 20.8 Å². The van der Waals surface area contributed by atoms with E-state index >= 15 is 0 Å². The van der Waals surface area contributed by atoms with Crippen molar-refractivity contribution in [3.8, 4) is 0 Å². The van der Waals surface area contributed by atoms with Gasteiger partial charge in [0.2, 0.25) is 11.8 Å². The Bertz CT molecular complexity index is 901. The fourth-order valence-electron chi connectivity index (χ4n) is 3.88. The van der Waals surface area contributed by atoms with E-state index in [1.54, 1.807) is 0 Å². The lowest BCUT2D eigenvalue weighted by Gasteiger charge is -2.23. The minimum Gasteiger partial charge on any atom is -0.480 e. The molecular weight excluding hydrogens is 384 g/mol. The van der Waals surface area contributed by atoms with Crippen LogP contribution < -0.4 is 16.0 Å². The van der Waals surface area contributed by atoms with Crippen LogP contribution in [0.25, 0.3) is 10.9 Å². The van der Waals surface area contributed by atoms with Crippen LogP contribution in [0.4, 0.5) is 0 Å². The number of H-pyrrole nitrogens is 1. The van der Waals surface area contributed by atoms with Crippen molar-refractivity contribution < 1.29 is 19.5 Å². The molecule has 0 bridgehead atoms. The molecule has 1 aliphatic heterocycles. The molecule has 0 spiro atoms. The van der Waals surface area contributed by atoms with Gasteiger partial charge in [0, 0.05) is 23.5 Å². The quantitative estimate of drug-likeness (QED) is 0.426. The number of carboxylic acid groups (broad SMARTS) is 1. The maximum Gasteiger partial charge on any atom is 0.326 e. The summed E-state index contributed by atoms with van der Waals surface area (Å²) >= 11 is 0. The van der Waals surface area contributed by atoms with Crippen molar-refractivity contribution in [3.05, 3.63) is 36.0 Å². The molecule has 2 aromatic rings. The molecule has 0 aliphatic carbocycles. The van der Waals surface area contributed by atoms with E-state index in [1.165, 1.54) is 0 Å². The molecule has 5 N–H and O–H groups in total. The first kappa shape index (κ1) is 21.8. The smallest absolute Gasteiger partial charge is 0.326 e. The van der Waals surface area contributed by atoms with Crippen LogP contribution in [0.1, 0.15) is 38.7 Å². The molecule has 162 valence electrons. The standard InChI is InChI=1S/C22H30N4O4/c1-13(2)10-19(22(29)30)26-21(28)18(25-20(27)17-8-5-9-23-17)11-14-12-24-16-7-4-3-6-15(14)16/h3-4,6-7,12-13,17-19,23-24H,5,8-11H2,1-2H3,(H,25,27)(H,26,28)(H,29,30). The van der Waals surface area contributed by atoms with Crippen molar-refractivity contribution in [1.29, 1.82) is 0 Å². The first-order valence-corrected chi connectivity index (χ1v) is 10.5. The number of nitrogens with one attached hydrogen (secondary N) is 4. The largest absolute Gasteiger partial charge is 0.480 e. The Labute approximate surface area is 175 Å². The van der Waals surface area contributed by atoms with Crippen molar-refractivity contribution in [2.75, 3.05) is 6.54 Å². The molecule has 8 heteroatoms. The third-order valence-electron chi connectivity index (χ3n) is 5.43. The highest BCUT2D eigenvalue weighted by Gasteiger charge is 2.30. The number of carbonyl (C=O) groups is 3. The molecular formula is C22H30N4O4. The van der Waals surface area contributed by atoms with Gasteiger partial charge in [0.15, 0.2) is 0 Å². The van der Waals surface area contributed by atoms with Crippen LogP contribution >= 0.6 is 0 Å². The molecule has 3 atom stereocenters. The van der Waals surface area contributed by atoms with Crippen molar-refractivity contribution >= 4 is 28.7 Å². The number of aromatic amines is 1. The number of rotatable bonds is 9. The predicted molar refractivity (Wildman–Crippen MR) is 114 cm³/mol. The summed E-state index contributed by atoms with van der Waals surface area (Å²) in [4.78, 5) is 40.5. The van der Waals surface area contributed by atoms with Gasteiger partial charge in [0.05, 0.1) is 6.04 Å². The number of benzene rings is 1. The van der Waals surface area contributed by atoms with Crippen LogP contribution in [-0.4, -0.2) is 52.5 Å². The van der Waals surface area contributed by atoms with Gasteiger partial charge in [-0.05, 0) is 43.4 Å². The summed E-state index contributed by atoms with van der Waals surface area (Å²) in [6.07, 6.45) is 4.04. The minimum absolute atomic E-state index is 0.107. The Balaban J connectivity index is 1.79. The number of aliphatic carboxylic acids is 1. The first-order chi connectivity index (χ1) is 14.3. The number of carboxylic acids is 1. The zero-order valence-corrected chi connectivity index (χ0v) is 17.4. The van der Waals surface area contributed by atoms with E-state index in [0.29, 0.717) is 6.42 Å². The monoisotopic (exact) mass is 414 g/mol. The predicted octanol–water partition coefficient (Wildman–Crippen LogP) is 1.56. The zero-order valence-electron chi connectivity index (χ0n) is 17.4. The summed E-state index contributed by atoms with van der Waals surface area (Å²) in [5.74, 6) is -1.69. The lowest BCUT2D eigenvalue weighted by atomic mass is 10.0. The summed E-state index contributed by atoms with van der Waals surface area (Å²) < 4.78 is 0. The molecule has 3 rings (SSSR count). The number of para-hydroxylation sites is 1. The van der Waals surface area contributed by atoms with Gasteiger partial charge in [0.25, 0.3) is 0 Å². The normalized spacial score (nSPS) is 18.3. The summed E-state index contributed by atoms with van der Waals surface area (Å²) in [5, 5.41) is 19.1. The van der Waals surface area contributed by atoms with Crippen molar-refractivity contribution in [1.82, 2.24) is 20.9 Å². The van der Waals surface area contributed by atoms with Crippen LogP contribution in [0.2, 0.25) is 0 Å². The van der Waals surface area contributed by atoms with E-state index in [-0.39, 0.29) is 24.3 Å². The topological polar surface area (TPSA) is 123 Å². The van der Waals surface area contributed by atoms with E-state index in [2.05, 4.69) is 20.9 Å². The van der Waals surface area contributed by atoms with Gasteiger partial charge in [-0.2, -0.15) is 0 Å². The molecule has 30 heavy (non-hydrogen) atoms. The Hall–Kier alpha value is -2.87. The molecule has 1 aromatic heterocycles. The van der Waals surface area contributed by atoms with Crippen molar-refractivity contribution in [2.24, 2.45) is 5.92 Å². The van der Waals surface area contributed by atoms with E-state index in [9.17, 15) is 19.5 Å². The third kappa shape index (κ3) is 5.38. The molecule has 1 aromatic carbocycles. The summed E-state index contributed by atoms with van der Waals surface area (Å²) in [6.45, 7) is 4.57. The Morgan fingerprint density at radius 1 is 1.17 bits per heavy atom. The van der Waals surface area contributed by atoms with Crippen molar-refractivity contribution in [3.63, 3.8) is 0 Å². The molecule has 2 amide bonds. The maximum atomic E-state index is 13.0. The molecule has 1 fully saturated rings. The number of amides is 2. The zero-order chi connectivity index (χ0) is 21.7. The van der Waals surface area contributed by atoms with E-state index in [1.807, 2.05) is 44.3 Å². The second-order valence-corrected chi connectivity index (χ2v) is 8.30. The summed E-state index contributed by atoms with van der Waals surface area (Å²) in [6, 6.07) is 5.54. The SMILES string of the molecule is CC(C)CC(NC(=O)C(Cc1c[nH]c2ccccc12)NC(=O)C1CCCN1)C(=O)O. The van der Waals surface area contributed by atoms with Gasteiger partial charge in [0.1, 0.15) is 12.1 Å². The second kappa shape index (κ2) is 9.75. The fraction of sp³-hybridized carbons (Fsp3) is 0.500. The Morgan fingerprint density at radius 2 is 1.93 bits per heavy atom. The molecule has 1 saturated heterocycles. The highest BCUT2D eigenvalue weighted by Crippen LogP contribution is 2.19. The maximum absolute atomic E-state index is 13.0. The number of carbonyl (C=O) groups excluding carboxylic acids is 2. The first-order valence-electron chi connectivity index (χ1n) is 10.5. The van der Waals surface area contributed by atoms with Crippen LogP contribution in [0.3, 0.4) is 0 Å². The minimum atomic E-state index is -1.08. The number of hydrogen-bond donors (Lipinski definition) is 5. The average molecular weight is 415 g/mol. The van der Waals surface area contributed by atoms with Gasteiger partial charge in [-0.25, -0.2) is 4.79 Å². The lowest BCUT2D eigenvalue weighted by Crippen LogP contribution is -2.55. The van der Waals surface area contributed by atoms with Crippen LogP contribution in [0.15, 0.2) is 30.5 Å². The molecule has 3 unspecified atom stereocenters. The number of aromatic nitrogens is 1. The molecule has 0 saturated carbocycles. The average Bonchev–Trinajstić information content (AvgIpc) is 3.37. The highest BCUT2D eigenvalue weighted by molar-refractivity contribution is 5.93. The van der Waals surface area contributed by atoms with Gasteiger partial charge in [-0.1, -0.05) is 32.0 Å². The Kier molecular flexibility index (Phi) is 7.10. The number of hydrogen-bond acceptors (Lipinski definition) is 4. The van der Waals surface area contributed by atoms with Crippen LogP contribution in [0, 0.1) is 5.92 Å². The van der Waals surface area contributed by atoms with Gasteiger partial charge >= 0.3 is 5.97 Å². The van der Waals surface area contributed by atoms with Gasteiger partial charge in [-0.3, -0.25) is 9.59 Å². The van der Waals surface area contributed by atoms with Crippen LogP contribution in [0.5, 0.6) is 0 Å². The third-order valence-corrected chi connectivity index (χ3v) is 5.43. The Morgan fingerprint density at radius 3 is 2.60 bits per heavy atom. The van der Waals surface area contributed by atoms with Crippen molar-refractivity contribution in [2.45, 2.75) is 57.7 Å². The van der Waals surface area contributed by atoms with Gasteiger partial charge < -0.3 is 26.0 Å². The summed E-state index contributed by atoms with van der Waals surface area (Å²) in [5.41, 5.74) is 1.83. The van der Waals surface area contributed by atoms with Gasteiger partial charge in [-0.15, -0.1) is 0 Å². The van der Waals surface area contributed by atoms with E-state index in [4.69, 9.17) is 0 Å². The number of fused-ring (bicyclic) bond motifs is 1. The molecule has 8 nitrogen and oxygen atoms in total. The lowest BCUT2D eigenvalue weighted by molar-refractivity contribution is -0.142. The second-order valence-electron chi connectivity index (χ2n) is 8.30. The van der Waals surface area contributed by atoms with E-state index < -0.39 is 24.0 Å². The van der Waals surface area contributed by atoms with E-state index in [0.717, 1.165) is 35.9 Å². The highest BCUT2D eigenvalue weighted by atomic mass is 16.4. The molecule has 0 radical (unpaired) electrons. The molecule has 2 heterocycles.